The lowest BCUT2D eigenvalue weighted by Gasteiger charge is -2.16. The lowest BCUT2D eigenvalue weighted by atomic mass is 10.1. The van der Waals surface area contributed by atoms with Gasteiger partial charge in [0.1, 0.15) is 24.1 Å². The molecule has 4 N–H and O–H groups in total. The Morgan fingerprint density at radius 1 is 1.19 bits per heavy atom. The van der Waals surface area contributed by atoms with E-state index in [1.165, 1.54) is 24.3 Å². The van der Waals surface area contributed by atoms with Gasteiger partial charge < -0.3 is 34.9 Å². The molecular formula is C23H27IN8O5. The molecule has 14 heteroatoms. The molecule has 1 aliphatic heterocycles. The zero-order valence-corrected chi connectivity index (χ0v) is 22.6. The SMILES string of the molecule is CCN(CC)c1nc2cc(CNc3ncnc4c3ncn4[C@@H]3O[C@H](C(=O)NC)[C@@H](O)[C@H]3O)cc(I)c2o1. The Balaban J connectivity index is 1.38. The highest BCUT2D eigenvalue weighted by molar-refractivity contribution is 14.1. The molecule has 1 aromatic carbocycles. The van der Waals surface area contributed by atoms with E-state index in [4.69, 9.17) is 9.15 Å². The maximum atomic E-state index is 12.0. The van der Waals surface area contributed by atoms with Crippen LogP contribution in [0.4, 0.5) is 11.8 Å². The minimum atomic E-state index is -1.39. The van der Waals surface area contributed by atoms with Gasteiger partial charge in [-0.05, 0) is 54.1 Å². The quantitative estimate of drug-likeness (QED) is 0.210. The number of hydrogen-bond donors (Lipinski definition) is 4. The number of aliphatic hydroxyl groups is 2. The van der Waals surface area contributed by atoms with Crippen molar-refractivity contribution in [2.24, 2.45) is 0 Å². The van der Waals surface area contributed by atoms with Gasteiger partial charge >= 0.3 is 0 Å². The van der Waals surface area contributed by atoms with Crippen molar-refractivity contribution in [3.05, 3.63) is 33.9 Å². The Morgan fingerprint density at radius 2 is 1.97 bits per heavy atom. The summed E-state index contributed by atoms with van der Waals surface area (Å²) in [5.41, 5.74) is 3.35. The van der Waals surface area contributed by atoms with Gasteiger partial charge in [-0.25, -0.2) is 15.0 Å². The molecular weight excluding hydrogens is 595 g/mol. The first-order valence-corrected chi connectivity index (χ1v) is 12.9. The molecule has 0 saturated carbocycles. The maximum Gasteiger partial charge on any atom is 0.298 e. The van der Waals surface area contributed by atoms with Crippen molar-refractivity contribution in [1.29, 1.82) is 0 Å². The highest BCUT2D eigenvalue weighted by Gasteiger charge is 2.47. The van der Waals surface area contributed by atoms with Crippen molar-refractivity contribution >= 4 is 62.6 Å². The summed E-state index contributed by atoms with van der Waals surface area (Å²) in [7, 11) is 1.43. The van der Waals surface area contributed by atoms with Crippen molar-refractivity contribution < 1.29 is 24.2 Å². The number of hydrogen-bond acceptors (Lipinski definition) is 11. The van der Waals surface area contributed by atoms with Crippen molar-refractivity contribution in [3.8, 4) is 0 Å². The molecule has 37 heavy (non-hydrogen) atoms. The van der Waals surface area contributed by atoms with Gasteiger partial charge in [0.05, 0.1) is 9.90 Å². The molecule has 1 aliphatic rings. The second kappa shape index (κ2) is 10.4. The molecule has 0 spiro atoms. The van der Waals surface area contributed by atoms with Crippen LogP contribution in [0.25, 0.3) is 22.3 Å². The number of imidazole rings is 1. The minimum absolute atomic E-state index is 0.386. The Bertz CT molecular complexity index is 1440. The third-order valence-electron chi connectivity index (χ3n) is 6.36. The van der Waals surface area contributed by atoms with Crippen LogP contribution in [0.1, 0.15) is 25.6 Å². The number of aromatic nitrogens is 5. The van der Waals surface area contributed by atoms with Crippen LogP contribution in [0, 0.1) is 3.57 Å². The molecule has 1 saturated heterocycles. The van der Waals surface area contributed by atoms with E-state index in [9.17, 15) is 15.0 Å². The Kier molecular flexibility index (Phi) is 7.15. The number of nitrogens with zero attached hydrogens (tertiary/aromatic N) is 6. The van der Waals surface area contributed by atoms with Crippen LogP contribution in [0.15, 0.2) is 29.2 Å². The highest BCUT2D eigenvalue weighted by atomic mass is 127. The van der Waals surface area contributed by atoms with E-state index in [1.807, 2.05) is 12.1 Å². The molecule has 4 atom stereocenters. The first-order valence-electron chi connectivity index (χ1n) is 11.8. The van der Waals surface area contributed by atoms with Gasteiger partial charge in [-0.1, -0.05) is 0 Å². The van der Waals surface area contributed by atoms with Crippen molar-refractivity contribution in [1.82, 2.24) is 29.8 Å². The average Bonchev–Trinajstić information content (AvgIpc) is 3.60. The normalized spacial score (nSPS) is 21.6. The van der Waals surface area contributed by atoms with Crippen molar-refractivity contribution in [3.63, 3.8) is 0 Å². The monoisotopic (exact) mass is 622 g/mol. The van der Waals surface area contributed by atoms with Crippen LogP contribution in [0.2, 0.25) is 0 Å². The van der Waals surface area contributed by atoms with E-state index in [1.54, 1.807) is 0 Å². The summed E-state index contributed by atoms with van der Waals surface area (Å²) in [5, 5.41) is 26.5. The summed E-state index contributed by atoms with van der Waals surface area (Å²) in [5.74, 6) is -0.0443. The number of benzene rings is 1. The summed E-state index contributed by atoms with van der Waals surface area (Å²) in [6.07, 6.45) is -2.17. The van der Waals surface area contributed by atoms with Gasteiger partial charge in [-0.3, -0.25) is 9.36 Å². The Morgan fingerprint density at radius 3 is 2.70 bits per heavy atom. The number of likely N-dealkylation sites (N-methyl/N-ethyl adjacent to an activating group) is 1. The fraction of sp³-hybridized carbons (Fsp3) is 0.435. The third kappa shape index (κ3) is 4.58. The largest absolute Gasteiger partial charge is 0.422 e. The molecule has 3 aromatic heterocycles. The number of oxazole rings is 1. The van der Waals surface area contributed by atoms with Crippen LogP contribution in [-0.2, 0) is 16.1 Å². The predicted molar refractivity (Wildman–Crippen MR) is 143 cm³/mol. The molecule has 0 aliphatic carbocycles. The van der Waals surface area contributed by atoms with Gasteiger partial charge in [0.2, 0.25) is 0 Å². The van der Waals surface area contributed by atoms with E-state index >= 15 is 0 Å². The van der Waals surface area contributed by atoms with Gasteiger partial charge in [-0.2, -0.15) is 4.98 Å². The molecule has 4 heterocycles. The first kappa shape index (κ1) is 25.6. The van der Waals surface area contributed by atoms with E-state index in [0.717, 1.165) is 33.3 Å². The van der Waals surface area contributed by atoms with Crippen molar-refractivity contribution in [2.75, 3.05) is 30.4 Å². The molecule has 5 rings (SSSR count). The van der Waals surface area contributed by atoms with E-state index in [0.29, 0.717) is 29.5 Å². The second-order valence-electron chi connectivity index (χ2n) is 8.54. The molecule has 1 fully saturated rings. The zero-order valence-electron chi connectivity index (χ0n) is 20.4. The fourth-order valence-corrected chi connectivity index (χ4v) is 5.15. The zero-order chi connectivity index (χ0) is 26.3. The minimum Gasteiger partial charge on any atom is -0.422 e. The van der Waals surface area contributed by atoms with E-state index in [2.05, 4.69) is 71.9 Å². The number of rotatable bonds is 8. The number of carbonyl (C=O) groups is 1. The molecule has 1 amide bonds. The van der Waals surface area contributed by atoms with E-state index in [-0.39, 0.29) is 0 Å². The maximum absolute atomic E-state index is 12.0. The highest BCUT2D eigenvalue weighted by Crippen LogP contribution is 2.33. The smallest absolute Gasteiger partial charge is 0.298 e. The first-order chi connectivity index (χ1) is 17.9. The number of ether oxygens (including phenoxy) is 1. The van der Waals surface area contributed by atoms with Gasteiger partial charge in [0.15, 0.2) is 34.9 Å². The molecule has 0 bridgehead atoms. The van der Waals surface area contributed by atoms with Crippen LogP contribution < -0.4 is 15.5 Å². The third-order valence-corrected chi connectivity index (χ3v) is 7.16. The van der Waals surface area contributed by atoms with Gasteiger partial charge in [0.25, 0.3) is 11.9 Å². The summed E-state index contributed by atoms with van der Waals surface area (Å²) < 4.78 is 14.1. The average molecular weight is 622 g/mol. The summed E-state index contributed by atoms with van der Waals surface area (Å²) in [6, 6.07) is 4.60. The molecule has 4 aromatic rings. The number of carbonyl (C=O) groups excluding carboxylic acids is 1. The number of fused-ring (bicyclic) bond motifs is 2. The van der Waals surface area contributed by atoms with Crippen LogP contribution in [-0.4, -0.2) is 79.1 Å². The van der Waals surface area contributed by atoms with Crippen LogP contribution >= 0.6 is 22.6 Å². The summed E-state index contributed by atoms with van der Waals surface area (Å²) in [6.45, 7) is 6.17. The molecule has 0 radical (unpaired) electrons. The lowest BCUT2D eigenvalue weighted by Crippen LogP contribution is -2.41. The standard InChI is InChI=1S/C23H27IN8O5/c1-4-31(5-2)23-30-13-7-11(6-12(24)17(13)37-23)8-26-19-14-20(28-9-27-19)32(10-29-14)22-16(34)15(33)18(36-22)21(35)25-3/h6-7,9-10,15-16,18,22,33-34H,4-5,8H2,1-3H3,(H,25,35)(H,26,27,28)/t15-,16+,18-,22+/m0/s1. The van der Waals surface area contributed by atoms with Crippen LogP contribution in [0.3, 0.4) is 0 Å². The van der Waals surface area contributed by atoms with Crippen LogP contribution in [0.5, 0.6) is 0 Å². The summed E-state index contributed by atoms with van der Waals surface area (Å²) >= 11 is 2.24. The number of nitrogens with one attached hydrogen (secondary N) is 2. The predicted octanol–water partition coefficient (Wildman–Crippen LogP) is 1.40. The van der Waals surface area contributed by atoms with Gasteiger partial charge in [0, 0.05) is 26.7 Å². The summed E-state index contributed by atoms with van der Waals surface area (Å²) in [4.78, 5) is 31.8. The number of anilines is 2. The molecule has 0 unspecified atom stereocenters. The Hall–Kier alpha value is -3.08. The number of aliphatic hydroxyl groups excluding tert-OH is 2. The molecule has 13 nitrogen and oxygen atoms in total. The Labute approximate surface area is 225 Å². The van der Waals surface area contributed by atoms with E-state index < -0.39 is 30.4 Å². The van der Waals surface area contributed by atoms with Gasteiger partial charge in [-0.15, -0.1) is 0 Å². The second-order valence-corrected chi connectivity index (χ2v) is 9.70. The topological polar surface area (TPSA) is 164 Å². The van der Waals surface area contributed by atoms with Crippen molar-refractivity contribution in [2.45, 2.75) is 44.9 Å². The number of amides is 1. The molecule has 196 valence electrons. The fourth-order valence-electron chi connectivity index (χ4n) is 4.37. The lowest BCUT2D eigenvalue weighted by molar-refractivity contribution is -0.137. The number of halogens is 1.